The fraction of sp³-hybridized carbons (Fsp3) is 0.378. The number of carbonyl (C=O) groups excluding carboxylic acids is 3. The maximum absolute atomic E-state index is 14.0. The zero-order valence-corrected chi connectivity index (χ0v) is 27.9. The lowest BCUT2D eigenvalue weighted by atomic mass is 9.67. The summed E-state index contributed by atoms with van der Waals surface area (Å²) in [4.78, 5) is 41.0. The van der Waals surface area contributed by atoms with Crippen molar-refractivity contribution in [3.63, 3.8) is 0 Å². The Morgan fingerprint density at radius 1 is 0.980 bits per heavy atom. The zero-order chi connectivity index (χ0) is 35.0. The highest BCUT2D eigenvalue weighted by molar-refractivity contribution is 5.95. The SMILES string of the molecule is CNC(=O)c1ccc2c(c1)CCc1cc(C(=O)NC)ccc1C2(C[C@@H](Cc1ccc(F)cc1)NCC(=O)N1C(C#N)C[C@@H]2C[C@@H]21)c1nnn[nH]1. The monoisotopic (exact) mass is 675 g/mol. The lowest BCUT2D eigenvalue weighted by Crippen LogP contribution is -2.48. The van der Waals surface area contributed by atoms with Crippen LogP contribution < -0.4 is 16.0 Å². The zero-order valence-electron chi connectivity index (χ0n) is 27.9. The van der Waals surface area contributed by atoms with E-state index in [9.17, 15) is 24.0 Å². The van der Waals surface area contributed by atoms with Crippen LogP contribution in [0.4, 0.5) is 4.39 Å². The third-order valence-corrected chi connectivity index (χ3v) is 10.6. The van der Waals surface area contributed by atoms with Crippen molar-refractivity contribution in [2.45, 2.75) is 62.1 Å². The Bertz CT molecular complexity index is 1910. The van der Waals surface area contributed by atoms with Gasteiger partial charge in [0.1, 0.15) is 11.9 Å². The van der Waals surface area contributed by atoms with Gasteiger partial charge in [-0.2, -0.15) is 5.26 Å². The molecule has 2 aliphatic carbocycles. The Morgan fingerprint density at radius 3 is 2.18 bits per heavy atom. The van der Waals surface area contributed by atoms with E-state index in [1.54, 1.807) is 43.3 Å². The first-order valence-corrected chi connectivity index (χ1v) is 16.9. The number of rotatable bonds is 10. The molecular weight excluding hydrogens is 637 g/mol. The molecular formula is C37H38FN9O3. The third kappa shape index (κ3) is 6.00. The van der Waals surface area contributed by atoms with Crippen LogP contribution in [-0.2, 0) is 29.5 Å². The van der Waals surface area contributed by atoms with Gasteiger partial charge < -0.3 is 20.9 Å². The summed E-state index contributed by atoms with van der Waals surface area (Å²) in [5.41, 5.74) is 4.47. The number of likely N-dealkylation sites (tertiary alicyclic amines) is 1. The second-order valence-electron chi connectivity index (χ2n) is 13.4. The van der Waals surface area contributed by atoms with Crippen molar-refractivity contribution in [1.82, 2.24) is 41.5 Å². The number of nitriles is 1. The molecule has 1 aliphatic heterocycles. The number of fused-ring (bicyclic) bond motifs is 3. The second kappa shape index (κ2) is 13.4. The number of aryl methyl sites for hydroxylation is 2. The van der Waals surface area contributed by atoms with Gasteiger partial charge in [-0.25, -0.2) is 9.49 Å². The number of nitrogens with zero attached hydrogens (tertiary/aromatic N) is 5. The van der Waals surface area contributed by atoms with Gasteiger partial charge in [0.2, 0.25) is 5.91 Å². The van der Waals surface area contributed by atoms with Crippen molar-refractivity contribution in [1.29, 1.82) is 5.26 Å². The number of tetrazole rings is 1. The molecule has 50 heavy (non-hydrogen) atoms. The van der Waals surface area contributed by atoms with Gasteiger partial charge >= 0.3 is 0 Å². The molecule has 256 valence electrons. The van der Waals surface area contributed by atoms with E-state index in [0.717, 1.165) is 34.2 Å². The van der Waals surface area contributed by atoms with Crippen LogP contribution in [0.25, 0.3) is 0 Å². The van der Waals surface area contributed by atoms with Crippen LogP contribution in [0.5, 0.6) is 0 Å². The Balaban J connectivity index is 1.36. The lowest BCUT2D eigenvalue weighted by molar-refractivity contribution is -0.131. The number of H-pyrrole nitrogens is 1. The first kappa shape index (κ1) is 33.0. The van der Waals surface area contributed by atoms with Gasteiger partial charge in [0.15, 0.2) is 5.82 Å². The molecule has 4 N–H and O–H groups in total. The average Bonchev–Trinajstić information content (AvgIpc) is 3.52. The molecule has 13 heteroatoms. The average molecular weight is 676 g/mol. The largest absolute Gasteiger partial charge is 0.355 e. The molecule has 3 aliphatic rings. The first-order chi connectivity index (χ1) is 24.2. The predicted molar refractivity (Wildman–Crippen MR) is 180 cm³/mol. The van der Waals surface area contributed by atoms with Crippen molar-refractivity contribution >= 4 is 17.7 Å². The minimum Gasteiger partial charge on any atom is -0.355 e. The molecule has 4 atom stereocenters. The molecule has 0 bridgehead atoms. The smallest absolute Gasteiger partial charge is 0.251 e. The predicted octanol–water partition coefficient (Wildman–Crippen LogP) is 2.59. The van der Waals surface area contributed by atoms with Crippen molar-refractivity contribution in [2.24, 2.45) is 5.92 Å². The molecule has 3 amide bonds. The summed E-state index contributed by atoms with van der Waals surface area (Å²) in [5.74, 6) is -0.0584. The van der Waals surface area contributed by atoms with Gasteiger partial charge in [0.05, 0.1) is 18.0 Å². The summed E-state index contributed by atoms with van der Waals surface area (Å²) in [7, 11) is 3.18. The highest BCUT2D eigenvalue weighted by atomic mass is 19.1. The van der Waals surface area contributed by atoms with Crippen molar-refractivity contribution in [2.75, 3.05) is 20.6 Å². The van der Waals surface area contributed by atoms with Gasteiger partial charge in [-0.15, -0.1) is 5.10 Å². The first-order valence-electron chi connectivity index (χ1n) is 16.9. The molecule has 1 saturated heterocycles. The van der Waals surface area contributed by atoms with Crippen LogP contribution in [0.15, 0.2) is 60.7 Å². The minimum absolute atomic E-state index is 0.00291. The number of aromatic amines is 1. The number of halogens is 1. The van der Waals surface area contributed by atoms with Crippen LogP contribution >= 0.6 is 0 Å². The Morgan fingerprint density at radius 2 is 1.62 bits per heavy atom. The molecule has 3 aromatic carbocycles. The van der Waals surface area contributed by atoms with Gasteiger partial charge in [-0.1, -0.05) is 24.3 Å². The fourth-order valence-electron chi connectivity index (χ4n) is 8.08. The Labute approximate surface area is 288 Å². The maximum Gasteiger partial charge on any atom is 0.251 e. The highest BCUT2D eigenvalue weighted by Gasteiger charge is 2.54. The highest BCUT2D eigenvalue weighted by Crippen LogP contribution is 2.48. The van der Waals surface area contributed by atoms with E-state index in [0.29, 0.717) is 55.0 Å². The molecule has 1 aromatic heterocycles. The van der Waals surface area contributed by atoms with E-state index in [-0.39, 0.29) is 42.2 Å². The van der Waals surface area contributed by atoms with Crippen molar-refractivity contribution in [3.8, 4) is 6.07 Å². The van der Waals surface area contributed by atoms with E-state index in [1.165, 1.54) is 12.1 Å². The van der Waals surface area contributed by atoms with E-state index < -0.39 is 11.5 Å². The van der Waals surface area contributed by atoms with Crippen LogP contribution in [0.2, 0.25) is 0 Å². The van der Waals surface area contributed by atoms with Crippen LogP contribution in [0, 0.1) is 23.1 Å². The fourth-order valence-corrected chi connectivity index (χ4v) is 8.08. The lowest BCUT2D eigenvalue weighted by Gasteiger charge is -2.38. The molecule has 12 nitrogen and oxygen atoms in total. The number of carbonyl (C=O) groups is 3. The summed E-state index contributed by atoms with van der Waals surface area (Å²) in [6.45, 7) is 0.00291. The van der Waals surface area contributed by atoms with Crippen LogP contribution in [0.3, 0.4) is 0 Å². The number of aromatic nitrogens is 4. The van der Waals surface area contributed by atoms with E-state index in [4.69, 9.17) is 0 Å². The molecule has 2 heterocycles. The number of benzene rings is 3. The van der Waals surface area contributed by atoms with Gasteiger partial charge in [-0.3, -0.25) is 14.4 Å². The van der Waals surface area contributed by atoms with Gasteiger partial charge in [-0.05, 0) is 119 Å². The molecule has 2 fully saturated rings. The minimum atomic E-state index is -1.03. The van der Waals surface area contributed by atoms with Crippen molar-refractivity contribution < 1.29 is 18.8 Å². The summed E-state index contributed by atoms with van der Waals surface area (Å²) < 4.78 is 14.0. The molecule has 4 aromatic rings. The van der Waals surface area contributed by atoms with E-state index in [1.807, 2.05) is 24.3 Å². The second-order valence-corrected chi connectivity index (χ2v) is 13.4. The molecule has 1 unspecified atom stereocenters. The topological polar surface area (TPSA) is 169 Å². The summed E-state index contributed by atoms with van der Waals surface area (Å²) in [6, 6.07) is 19.1. The molecule has 7 rings (SSSR count). The number of hydrogen-bond donors (Lipinski definition) is 4. The summed E-state index contributed by atoms with van der Waals surface area (Å²) in [6.07, 6.45) is 3.57. The quantitative estimate of drug-likeness (QED) is 0.199. The molecule has 1 saturated carbocycles. The third-order valence-electron chi connectivity index (χ3n) is 10.6. The number of nitrogens with one attached hydrogen (secondary N) is 4. The van der Waals surface area contributed by atoms with Crippen LogP contribution in [-0.4, -0.2) is 82.0 Å². The Hall–Kier alpha value is -5.48. The van der Waals surface area contributed by atoms with Crippen LogP contribution in [0.1, 0.15) is 73.6 Å². The summed E-state index contributed by atoms with van der Waals surface area (Å²) >= 11 is 0. The standard InChI is InChI=1S/C37H38FN9O3/c1-40-34(49)24-7-11-30-22(14-24)5-6-23-15-25(35(50)41-2)8-12-31(23)37(30,36-43-45-46-44-36)18-28(13-21-3-9-27(38)10-4-21)42-20-33(48)47-29(19-39)16-26-17-32(26)47/h3-4,7-12,14-15,26,28-29,32,42H,5-6,13,16-18,20H2,1-2H3,(H,40,49)(H,41,50)(H,43,44,45,46)/t26-,28-,29?,32+/m1/s1. The number of piperidine rings is 1. The van der Waals surface area contributed by atoms with Gasteiger partial charge in [0.25, 0.3) is 11.8 Å². The Kier molecular flexibility index (Phi) is 8.88. The van der Waals surface area contributed by atoms with Crippen molar-refractivity contribution in [3.05, 3.63) is 111 Å². The number of hydrogen-bond acceptors (Lipinski definition) is 8. The molecule has 0 radical (unpaired) electrons. The maximum atomic E-state index is 14.0. The normalized spacial score (nSPS) is 20.4. The van der Waals surface area contributed by atoms with E-state index >= 15 is 0 Å². The van der Waals surface area contributed by atoms with E-state index in [2.05, 4.69) is 42.6 Å². The molecule has 0 spiro atoms. The van der Waals surface area contributed by atoms with Gasteiger partial charge in [0, 0.05) is 37.3 Å². The summed E-state index contributed by atoms with van der Waals surface area (Å²) in [5, 5.41) is 34.2. The number of amides is 3.